The van der Waals surface area contributed by atoms with E-state index in [1.54, 1.807) is 24.3 Å². The summed E-state index contributed by atoms with van der Waals surface area (Å²) in [5.74, 6) is 1.01. The molecule has 1 saturated heterocycles. The van der Waals surface area contributed by atoms with Crippen molar-refractivity contribution in [3.05, 3.63) is 65.7 Å². The van der Waals surface area contributed by atoms with Crippen LogP contribution in [0.25, 0.3) is 6.08 Å². The molecule has 0 atom stereocenters. The van der Waals surface area contributed by atoms with Gasteiger partial charge in [-0.25, -0.2) is 0 Å². The van der Waals surface area contributed by atoms with Crippen molar-refractivity contribution in [2.75, 3.05) is 49.7 Å². The third-order valence-electron chi connectivity index (χ3n) is 5.04. The van der Waals surface area contributed by atoms with E-state index in [1.807, 2.05) is 36.4 Å². The molecule has 0 spiro atoms. The van der Waals surface area contributed by atoms with E-state index in [1.165, 1.54) is 17.4 Å². The lowest BCUT2D eigenvalue weighted by atomic mass is 10.1. The number of ether oxygens (including phenoxy) is 3. The van der Waals surface area contributed by atoms with Crippen LogP contribution in [-0.4, -0.2) is 55.6 Å². The van der Waals surface area contributed by atoms with Crippen molar-refractivity contribution in [1.82, 2.24) is 10.2 Å². The van der Waals surface area contributed by atoms with Crippen LogP contribution in [-0.2, 0) is 9.53 Å². The van der Waals surface area contributed by atoms with Crippen LogP contribution in [0.5, 0.6) is 11.5 Å². The topological polar surface area (TPSA) is 110 Å². The van der Waals surface area contributed by atoms with Gasteiger partial charge in [0.2, 0.25) is 10.3 Å². The van der Waals surface area contributed by atoms with Crippen LogP contribution in [0.15, 0.2) is 60.2 Å². The molecule has 1 aromatic heterocycles. The zero-order valence-corrected chi connectivity index (χ0v) is 19.9. The molecule has 2 heterocycles. The number of morpholine rings is 1. The molecule has 1 fully saturated rings. The minimum atomic E-state index is -0.532. The fraction of sp³-hybridized carbons (Fsp3) is 0.280. The average Bonchev–Trinajstić information content (AvgIpc) is 3.37. The first kappa shape index (κ1) is 24.2. The Morgan fingerprint density at radius 3 is 2.43 bits per heavy atom. The van der Waals surface area contributed by atoms with Gasteiger partial charge in [0.1, 0.15) is 23.1 Å². The monoisotopic (exact) mass is 491 g/mol. The largest absolute Gasteiger partial charge is 0.493 e. The third kappa shape index (κ3) is 7.27. The molecule has 35 heavy (non-hydrogen) atoms. The summed E-state index contributed by atoms with van der Waals surface area (Å²) in [6.07, 6.45) is 2.27. The average molecular weight is 492 g/mol. The quantitative estimate of drug-likeness (QED) is 0.259. The summed E-state index contributed by atoms with van der Waals surface area (Å²) in [7, 11) is 0. The number of rotatable bonds is 10. The summed E-state index contributed by atoms with van der Waals surface area (Å²) in [6, 6.07) is 18.8. The molecular weight excluding hydrogens is 466 g/mol. The first-order valence-corrected chi connectivity index (χ1v) is 12.0. The smallest absolute Gasteiger partial charge is 0.268 e. The molecule has 0 saturated carbocycles. The van der Waals surface area contributed by atoms with Crippen LogP contribution >= 0.6 is 11.3 Å². The lowest BCUT2D eigenvalue weighted by molar-refractivity contribution is -0.112. The van der Waals surface area contributed by atoms with E-state index in [2.05, 4.69) is 20.4 Å². The second-order valence-corrected chi connectivity index (χ2v) is 8.50. The van der Waals surface area contributed by atoms with Crippen LogP contribution in [0.3, 0.4) is 0 Å². The maximum Gasteiger partial charge on any atom is 0.268 e. The van der Waals surface area contributed by atoms with E-state index in [4.69, 9.17) is 14.2 Å². The number of amides is 1. The molecule has 4 rings (SSSR count). The van der Waals surface area contributed by atoms with Gasteiger partial charge in [0.05, 0.1) is 26.4 Å². The van der Waals surface area contributed by atoms with Crippen molar-refractivity contribution < 1.29 is 19.0 Å². The molecule has 180 valence electrons. The molecule has 0 radical (unpaired) electrons. The Morgan fingerprint density at radius 2 is 1.74 bits per heavy atom. The van der Waals surface area contributed by atoms with Gasteiger partial charge < -0.3 is 19.1 Å². The Kier molecular flexibility index (Phi) is 8.64. The lowest BCUT2D eigenvalue weighted by Gasteiger charge is -2.25. The number of hydrogen-bond donors (Lipinski definition) is 1. The predicted molar refractivity (Wildman–Crippen MR) is 134 cm³/mol. The van der Waals surface area contributed by atoms with Crippen molar-refractivity contribution >= 4 is 33.6 Å². The predicted octanol–water partition coefficient (Wildman–Crippen LogP) is 3.77. The molecule has 1 N–H and O–H groups in total. The second kappa shape index (κ2) is 12.5. The third-order valence-corrected chi connectivity index (χ3v) is 5.94. The number of para-hydroxylation sites is 1. The molecule has 1 aliphatic heterocycles. The van der Waals surface area contributed by atoms with Gasteiger partial charge in [0.15, 0.2) is 0 Å². The Labute approximate surface area is 207 Å². The Hall–Kier alpha value is -3.94. The summed E-state index contributed by atoms with van der Waals surface area (Å²) in [5.41, 5.74) is 0.683. The van der Waals surface area contributed by atoms with Gasteiger partial charge in [0.25, 0.3) is 5.91 Å². The lowest BCUT2D eigenvalue weighted by Crippen LogP contribution is -2.36. The van der Waals surface area contributed by atoms with Crippen molar-refractivity contribution in [2.45, 2.75) is 6.42 Å². The highest BCUT2D eigenvalue weighted by atomic mass is 32.1. The normalized spacial score (nSPS) is 13.7. The minimum absolute atomic E-state index is 0.0279. The highest BCUT2D eigenvalue weighted by Crippen LogP contribution is 2.25. The zero-order chi connectivity index (χ0) is 24.3. The van der Waals surface area contributed by atoms with Gasteiger partial charge in [0, 0.05) is 19.5 Å². The van der Waals surface area contributed by atoms with Crippen LogP contribution in [0.2, 0.25) is 0 Å². The number of carbonyl (C=O) groups excluding carboxylic acids is 1. The molecule has 0 unspecified atom stereocenters. The first-order valence-electron chi connectivity index (χ1n) is 11.2. The van der Waals surface area contributed by atoms with E-state index in [0.29, 0.717) is 48.0 Å². The standard InChI is InChI=1S/C25H25N5O4S/c26-18-20(23(31)27-24-28-29-25(35-24)30-11-15-32-16-12-30)17-19-7-9-22(10-8-19)34-14-4-13-33-21-5-2-1-3-6-21/h1-3,5-10,17H,4,11-16H2,(H,27,28,31)/b20-17-. The van der Waals surface area contributed by atoms with Gasteiger partial charge in [-0.05, 0) is 35.9 Å². The number of hydrogen-bond acceptors (Lipinski definition) is 9. The van der Waals surface area contributed by atoms with E-state index in [-0.39, 0.29) is 5.57 Å². The van der Waals surface area contributed by atoms with Crippen LogP contribution in [0.1, 0.15) is 12.0 Å². The second-order valence-electron chi connectivity index (χ2n) is 7.55. The van der Waals surface area contributed by atoms with Gasteiger partial charge in [-0.1, -0.05) is 41.7 Å². The van der Waals surface area contributed by atoms with Crippen molar-refractivity contribution in [1.29, 1.82) is 5.26 Å². The van der Waals surface area contributed by atoms with Crippen molar-refractivity contribution in [3.63, 3.8) is 0 Å². The molecule has 0 aliphatic carbocycles. The maximum atomic E-state index is 12.6. The van der Waals surface area contributed by atoms with E-state index in [0.717, 1.165) is 25.3 Å². The maximum absolute atomic E-state index is 12.6. The minimum Gasteiger partial charge on any atom is -0.493 e. The number of nitrogens with one attached hydrogen (secondary N) is 1. The molecule has 9 nitrogen and oxygen atoms in total. The SMILES string of the molecule is N#C/C(=C/c1ccc(OCCCOc2ccccc2)cc1)C(=O)Nc1nnc(N2CCOCC2)s1. The Bertz CT molecular complexity index is 1170. The van der Waals surface area contributed by atoms with Gasteiger partial charge in [-0.2, -0.15) is 5.26 Å². The number of nitrogens with zero attached hydrogens (tertiary/aromatic N) is 4. The summed E-state index contributed by atoms with van der Waals surface area (Å²) in [4.78, 5) is 14.6. The Morgan fingerprint density at radius 1 is 1.06 bits per heavy atom. The molecule has 10 heteroatoms. The van der Waals surface area contributed by atoms with Crippen LogP contribution in [0, 0.1) is 11.3 Å². The first-order chi connectivity index (χ1) is 17.2. The molecule has 3 aromatic rings. The van der Waals surface area contributed by atoms with Gasteiger partial charge >= 0.3 is 0 Å². The fourth-order valence-corrected chi connectivity index (χ4v) is 4.04. The Balaban J connectivity index is 1.25. The van der Waals surface area contributed by atoms with E-state index < -0.39 is 5.91 Å². The zero-order valence-electron chi connectivity index (χ0n) is 19.1. The number of carbonyl (C=O) groups is 1. The molecular formula is C25H25N5O4S. The summed E-state index contributed by atoms with van der Waals surface area (Å²) < 4.78 is 16.7. The summed E-state index contributed by atoms with van der Waals surface area (Å²) >= 11 is 1.27. The summed E-state index contributed by atoms with van der Waals surface area (Å²) in [6.45, 7) is 3.81. The van der Waals surface area contributed by atoms with E-state index >= 15 is 0 Å². The molecule has 1 aliphatic rings. The number of aromatic nitrogens is 2. The number of nitriles is 1. The fourth-order valence-electron chi connectivity index (χ4n) is 3.24. The van der Waals surface area contributed by atoms with Crippen LogP contribution < -0.4 is 19.7 Å². The van der Waals surface area contributed by atoms with Gasteiger partial charge in [-0.3, -0.25) is 10.1 Å². The molecule has 2 aromatic carbocycles. The number of benzene rings is 2. The highest BCUT2D eigenvalue weighted by molar-refractivity contribution is 7.19. The molecule has 0 bridgehead atoms. The van der Waals surface area contributed by atoms with Crippen molar-refractivity contribution in [3.8, 4) is 17.6 Å². The highest BCUT2D eigenvalue weighted by Gasteiger charge is 2.18. The van der Waals surface area contributed by atoms with Gasteiger partial charge in [-0.15, -0.1) is 10.2 Å². The molecule has 1 amide bonds. The summed E-state index contributed by atoms with van der Waals surface area (Å²) in [5, 5.41) is 21.3. The van der Waals surface area contributed by atoms with E-state index in [9.17, 15) is 10.1 Å². The van der Waals surface area contributed by atoms with Crippen LogP contribution in [0.4, 0.5) is 10.3 Å². The van der Waals surface area contributed by atoms with Crippen molar-refractivity contribution in [2.24, 2.45) is 0 Å². The number of anilines is 2.